The van der Waals surface area contributed by atoms with Crippen LogP contribution in [0, 0.1) is 18.3 Å². The fraction of sp³-hybridized carbons (Fsp3) is 0.385. The molecule has 0 amide bonds. The van der Waals surface area contributed by atoms with Crippen LogP contribution in [0.4, 0.5) is 0 Å². The van der Waals surface area contributed by atoms with Gasteiger partial charge in [0.15, 0.2) is 9.84 Å². The number of hydrogen-bond donors (Lipinski definition) is 0. The molecule has 1 aromatic carbocycles. The molecule has 6 heteroatoms. The summed E-state index contributed by atoms with van der Waals surface area (Å²) in [6.45, 7) is 1.76. The van der Waals surface area contributed by atoms with E-state index in [0.717, 1.165) is 5.56 Å². The Morgan fingerprint density at radius 2 is 2.11 bits per heavy atom. The van der Waals surface area contributed by atoms with Gasteiger partial charge in [0.1, 0.15) is 0 Å². The van der Waals surface area contributed by atoms with Crippen molar-refractivity contribution in [3.63, 3.8) is 0 Å². The normalized spacial score (nSPS) is 10.8. The van der Waals surface area contributed by atoms with Gasteiger partial charge >= 0.3 is 5.97 Å². The number of nitriles is 1. The zero-order chi connectivity index (χ0) is 14.5. The van der Waals surface area contributed by atoms with E-state index in [1.54, 1.807) is 25.1 Å². The van der Waals surface area contributed by atoms with Crippen LogP contribution in [0.3, 0.4) is 0 Å². The minimum atomic E-state index is -3.37. The third kappa shape index (κ3) is 4.72. The summed E-state index contributed by atoms with van der Waals surface area (Å²) in [5, 5.41) is 8.74. The number of benzene rings is 1. The maximum Gasteiger partial charge on any atom is 0.306 e. The Bertz CT molecular complexity index is 614. The van der Waals surface area contributed by atoms with Crippen molar-refractivity contribution in [3.8, 4) is 6.07 Å². The van der Waals surface area contributed by atoms with Gasteiger partial charge in [0, 0.05) is 0 Å². The van der Waals surface area contributed by atoms with E-state index in [-0.39, 0.29) is 17.9 Å². The number of carbonyl (C=O) groups excluding carboxylic acids is 1. The summed E-state index contributed by atoms with van der Waals surface area (Å²) in [4.78, 5) is 10.9. The van der Waals surface area contributed by atoms with Crippen LogP contribution in [0.1, 0.15) is 23.1 Å². The number of aryl methyl sites for hydroxylation is 1. The Morgan fingerprint density at radius 1 is 1.42 bits per heavy atom. The molecule has 0 fully saturated rings. The molecule has 0 aliphatic rings. The zero-order valence-electron chi connectivity index (χ0n) is 10.8. The molecule has 0 unspecified atom stereocenters. The minimum Gasteiger partial charge on any atom is -0.469 e. The number of sulfone groups is 1. The number of nitrogens with zero attached hydrogens (tertiary/aromatic N) is 1. The fourth-order valence-corrected chi connectivity index (χ4v) is 3.00. The van der Waals surface area contributed by atoms with Gasteiger partial charge in [-0.15, -0.1) is 0 Å². The minimum absolute atomic E-state index is 0.137. The van der Waals surface area contributed by atoms with Crippen molar-refractivity contribution in [2.45, 2.75) is 19.1 Å². The molecule has 0 spiro atoms. The van der Waals surface area contributed by atoms with Crippen molar-refractivity contribution in [3.05, 3.63) is 34.9 Å². The number of rotatable bonds is 5. The first kappa shape index (κ1) is 15.2. The molecular weight excluding hydrogens is 266 g/mol. The predicted molar refractivity (Wildman–Crippen MR) is 70.0 cm³/mol. The van der Waals surface area contributed by atoms with Crippen molar-refractivity contribution in [1.29, 1.82) is 5.26 Å². The summed E-state index contributed by atoms with van der Waals surface area (Å²) >= 11 is 0. The highest BCUT2D eigenvalue weighted by Crippen LogP contribution is 2.15. The molecule has 0 saturated carbocycles. The van der Waals surface area contributed by atoms with Gasteiger partial charge in [-0.25, -0.2) is 8.42 Å². The van der Waals surface area contributed by atoms with Crippen LogP contribution in [-0.2, 0) is 25.1 Å². The summed E-state index contributed by atoms with van der Waals surface area (Å²) in [6, 6.07) is 6.85. The Balaban J connectivity index is 2.79. The maximum absolute atomic E-state index is 11.9. The highest BCUT2D eigenvalue weighted by molar-refractivity contribution is 7.90. The summed E-state index contributed by atoms with van der Waals surface area (Å²) in [5.41, 5.74) is 1.89. The maximum atomic E-state index is 11.9. The molecule has 0 atom stereocenters. The van der Waals surface area contributed by atoms with Crippen LogP contribution >= 0.6 is 0 Å². The molecule has 19 heavy (non-hydrogen) atoms. The Morgan fingerprint density at radius 3 is 2.63 bits per heavy atom. The quantitative estimate of drug-likeness (QED) is 0.760. The number of esters is 1. The first-order valence-corrected chi connectivity index (χ1v) is 7.47. The molecule has 0 N–H and O–H groups in total. The van der Waals surface area contributed by atoms with E-state index in [0.29, 0.717) is 11.1 Å². The Hall–Kier alpha value is -1.87. The van der Waals surface area contributed by atoms with Crippen LogP contribution in [-0.4, -0.2) is 27.2 Å². The highest BCUT2D eigenvalue weighted by atomic mass is 32.2. The average Bonchev–Trinajstić information content (AvgIpc) is 2.38. The van der Waals surface area contributed by atoms with E-state index in [2.05, 4.69) is 4.74 Å². The zero-order valence-corrected chi connectivity index (χ0v) is 11.7. The summed E-state index contributed by atoms with van der Waals surface area (Å²) in [7, 11) is -2.14. The summed E-state index contributed by atoms with van der Waals surface area (Å²) < 4.78 is 28.1. The second-order valence-corrected chi connectivity index (χ2v) is 6.36. The van der Waals surface area contributed by atoms with Crippen LogP contribution in [0.2, 0.25) is 0 Å². The van der Waals surface area contributed by atoms with Gasteiger partial charge in [-0.05, 0) is 30.2 Å². The molecule has 0 radical (unpaired) electrons. The monoisotopic (exact) mass is 281 g/mol. The number of carbonyl (C=O) groups is 1. The molecule has 0 saturated heterocycles. The lowest BCUT2D eigenvalue weighted by atomic mass is 10.1. The number of ether oxygens (including phenoxy) is 1. The fourth-order valence-electron chi connectivity index (χ4n) is 1.58. The van der Waals surface area contributed by atoms with Crippen molar-refractivity contribution < 1.29 is 17.9 Å². The smallest absolute Gasteiger partial charge is 0.306 e. The van der Waals surface area contributed by atoms with E-state index in [4.69, 9.17) is 5.26 Å². The van der Waals surface area contributed by atoms with Gasteiger partial charge in [-0.3, -0.25) is 4.79 Å². The molecule has 1 aromatic rings. The van der Waals surface area contributed by atoms with Gasteiger partial charge in [-0.1, -0.05) is 6.07 Å². The summed E-state index contributed by atoms with van der Waals surface area (Å²) in [5.74, 6) is -0.916. The highest BCUT2D eigenvalue weighted by Gasteiger charge is 2.16. The van der Waals surface area contributed by atoms with Crippen LogP contribution < -0.4 is 0 Å². The van der Waals surface area contributed by atoms with Crippen LogP contribution in [0.25, 0.3) is 0 Å². The van der Waals surface area contributed by atoms with Gasteiger partial charge in [-0.2, -0.15) is 5.26 Å². The molecular formula is C13H15NO4S. The third-order valence-electron chi connectivity index (χ3n) is 2.69. The van der Waals surface area contributed by atoms with E-state index in [9.17, 15) is 13.2 Å². The van der Waals surface area contributed by atoms with Gasteiger partial charge in [0.2, 0.25) is 0 Å². The lowest BCUT2D eigenvalue weighted by Crippen LogP contribution is -2.14. The first-order valence-electron chi connectivity index (χ1n) is 5.65. The van der Waals surface area contributed by atoms with Crippen molar-refractivity contribution in [2.24, 2.45) is 0 Å². The molecule has 5 nitrogen and oxygen atoms in total. The number of hydrogen-bond acceptors (Lipinski definition) is 5. The van der Waals surface area contributed by atoms with Gasteiger partial charge in [0.05, 0.1) is 36.7 Å². The Labute approximate surface area is 112 Å². The van der Waals surface area contributed by atoms with E-state index >= 15 is 0 Å². The summed E-state index contributed by atoms with van der Waals surface area (Å²) in [6.07, 6.45) is -0.145. The molecule has 0 heterocycles. The molecule has 1 rings (SSSR count). The average molecular weight is 281 g/mol. The SMILES string of the molecule is COC(=O)CCS(=O)(=O)Cc1ccc(C#N)cc1C. The second-order valence-electron chi connectivity index (χ2n) is 4.17. The van der Waals surface area contributed by atoms with E-state index < -0.39 is 15.8 Å². The molecule has 102 valence electrons. The van der Waals surface area contributed by atoms with Crippen molar-refractivity contribution >= 4 is 15.8 Å². The standard InChI is InChI=1S/C13H15NO4S/c1-10-7-11(8-14)3-4-12(10)9-19(16,17)6-5-13(15)18-2/h3-4,7H,5-6,9H2,1-2H3. The third-order valence-corrected chi connectivity index (χ3v) is 4.27. The second kappa shape index (κ2) is 6.34. The van der Waals surface area contributed by atoms with Crippen molar-refractivity contribution in [2.75, 3.05) is 12.9 Å². The predicted octanol–water partition coefficient (Wildman–Crippen LogP) is 1.34. The number of methoxy groups -OCH3 is 1. The molecule has 0 bridgehead atoms. The van der Waals surface area contributed by atoms with Gasteiger partial charge in [0.25, 0.3) is 0 Å². The van der Waals surface area contributed by atoms with Crippen LogP contribution in [0.5, 0.6) is 0 Å². The molecule has 0 aromatic heterocycles. The molecule has 0 aliphatic heterocycles. The van der Waals surface area contributed by atoms with Gasteiger partial charge < -0.3 is 4.74 Å². The largest absolute Gasteiger partial charge is 0.469 e. The van der Waals surface area contributed by atoms with Crippen molar-refractivity contribution in [1.82, 2.24) is 0 Å². The topological polar surface area (TPSA) is 84.2 Å². The van der Waals surface area contributed by atoms with Crippen LogP contribution in [0.15, 0.2) is 18.2 Å². The lowest BCUT2D eigenvalue weighted by molar-refractivity contribution is -0.140. The first-order chi connectivity index (χ1) is 8.88. The lowest BCUT2D eigenvalue weighted by Gasteiger charge is -2.07. The van der Waals surface area contributed by atoms with E-state index in [1.165, 1.54) is 7.11 Å². The van der Waals surface area contributed by atoms with E-state index in [1.807, 2.05) is 6.07 Å². The Kier molecular flexibility index (Phi) is 5.07. The molecule has 0 aliphatic carbocycles.